The van der Waals surface area contributed by atoms with Crippen LogP contribution in [0, 0.1) is 0 Å². The van der Waals surface area contributed by atoms with Crippen molar-refractivity contribution in [1.29, 1.82) is 0 Å². The van der Waals surface area contributed by atoms with E-state index in [1.807, 2.05) is 19.0 Å². The summed E-state index contributed by atoms with van der Waals surface area (Å²) in [5, 5.41) is 3.27. The van der Waals surface area contributed by atoms with Crippen LogP contribution in [0.4, 0.5) is 13.2 Å². The van der Waals surface area contributed by atoms with E-state index in [1.54, 1.807) is 7.05 Å². The minimum atomic E-state index is -4.36. The fraction of sp³-hybridized carbons (Fsp3) is 0.700. The Bertz CT molecular complexity index is 360. The molecule has 0 amide bonds. The molecule has 1 rings (SSSR count). The van der Waals surface area contributed by atoms with Gasteiger partial charge in [0, 0.05) is 19.5 Å². The van der Waals surface area contributed by atoms with Gasteiger partial charge < -0.3 is 10.2 Å². The Hall–Kier alpha value is -0.660. The fourth-order valence-corrected chi connectivity index (χ4v) is 2.42. The third-order valence-corrected chi connectivity index (χ3v) is 3.24. The van der Waals surface area contributed by atoms with Gasteiger partial charge in [0.2, 0.25) is 0 Å². The van der Waals surface area contributed by atoms with Crippen LogP contribution in [-0.2, 0) is 19.1 Å². The predicted octanol–water partition coefficient (Wildman–Crippen LogP) is 1.99. The lowest BCUT2D eigenvalue weighted by molar-refractivity contribution is -0.141. The first-order valence-electron chi connectivity index (χ1n) is 5.19. The highest BCUT2D eigenvalue weighted by molar-refractivity contribution is 7.11. The molecule has 0 aromatic carbocycles. The molecule has 0 spiro atoms. The average Bonchev–Trinajstić information content (AvgIpc) is 2.58. The number of nitrogens with one attached hydrogen (secondary N) is 1. The fourth-order valence-electron chi connectivity index (χ4n) is 1.33. The van der Waals surface area contributed by atoms with Crippen molar-refractivity contribution in [3.8, 4) is 0 Å². The second-order valence-corrected chi connectivity index (χ2v) is 5.13. The molecular formula is C10H16F3N3S. The summed E-state index contributed by atoms with van der Waals surface area (Å²) in [6, 6.07) is 0. The molecule has 0 atom stereocenters. The summed E-state index contributed by atoms with van der Waals surface area (Å²) in [6.45, 7) is 0.901. The van der Waals surface area contributed by atoms with E-state index in [1.165, 1.54) is 0 Å². The highest BCUT2D eigenvalue weighted by atomic mass is 32.1. The lowest BCUT2D eigenvalue weighted by Gasteiger charge is -2.06. The Kier molecular flexibility index (Phi) is 4.91. The van der Waals surface area contributed by atoms with Crippen molar-refractivity contribution in [1.82, 2.24) is 15.2 Å². The van der Waals surface area contributed by atoms with Crippen LogP contribution in [0.15, 0.2) is 0 Å². The summed E-state index contributed by atoms with van der Waals surface area (Å²) >= 11 is 1.13. The van der Waals surface area contributed by atoms with Crippen LogP contribution in [0.3, 0.4) is 0 Å². The molecule has 0 aliphatic rings. The Morgan fingerprint density at radius 2 is 2.00 bits per heavy atom. The third kappa shape index (κ3) is 4.25. The van der Waals surface area contributed by atoms with E-state index in [0.717, 1.165) is 11.3 Å². The number of hydrogen-bond donors (Lipinski definition) is 1. The van der Waals surface area contributed by atoms with Gasteiger partial charge in [-0.3, -0.25) is 0 Å². The first kappa shape index (κ1) is 14.4. The summed E-state index contributed by atoms with van der Waals surface area (Å²) < 4.78 is 38.1. The van der Waals surface area contributed by atoms with Crippen LogP contribution < -0.4 is 5.32 Å². The topological polar surface area (TPSA) is 28.2 Å². The van der Waals surface area contributed by atoms with Gasteiger partial charge in [0.15, 0.2) is 5.69 Å². The van der Waals surface area contributed by atoms with Crippen molar-refractivity contribution in [2.45, 2.75) is 19.1 Å². The number of likely N-dealkylation sites (N-methyl/N-ethyl adjacent to an activating group) is 1. The Morgan fingerprint density at radius 3 is 2.47 bits per heavy atom. The van der Waals surface area contributed by atoms with Crippen molar-refractivity contribution >= 4 is 11.3 Å². The minimum Gasteiger partial charge on any atom is -0.315 e. The van der Waals surface area contributed by atoms with E-state index in [0.29, 0.717) is 18.0 Å². The summed E-state index contributed by atoms with van der Waals surface area (Å²) in [6.07, 6.45) is -3.82. The monoisotopic (exact) mass is 267 g/mol. The highest BCUT2D eigenvalue weighted by Crippen LogP contribution is 2.34. The smallest absolute Gasteiger partial charge is 0.315 e. The van der Waals surface area contributed by atoms with E-state index in [9.17, 15) is 13.2 Å². The number of halogens is 3. The number of hydrogen-bond acceptors (Lipinski definition) is 4. The van der Waals surface area contributed by atoms with E-state index in [4.69, 9.17) is 0 Å². The third-order valence-electron chi connectivity index (χ3n) is 2.12. The normalized spacial score (nSPS) is 12.4. The molecule has 98 valence electrons. The predicted molar refractivity (Wildman–Crippen MR) is 62.1 cm³/mol. The molecule has 3 nitrogen and oxygen atoms in total. The molecule has 7 heteroatoms. The molecule has 1 heterocycles. The van der Waals surface area contributed by atoms with Crippen molar-refractivity contribution < 1.29 is 13.2 Å². The van der Waals surface area contributed by atoms with Gasteiger partial charge in [-0.1, -0.05) is 0 Å². The lowest BCUT2D eigenvalue weighted by atomic mass is 10.3. The Labute approximate surface area is 103 Å². The van der Waals surface area contributed by atoms with Gasteiger partial charge in [0.05, 0.1) is 9.88 Å². The molecule has 1 N–H and O–H groups in total. The highest BCUT2D eigenvalue weighted by Gasteiger charge is 2.37. The van der Waals surface area contributed by atoms with Gasteiger partial charge in [-0.2, -0.15) is 13.2 Å². The van der Waals surface area contributed by atoms with Crippen LogP contribution in [0.5, 0.6) is 0 Å². The molecule has 1 aromatic rings. The average molecular weight is 267 g/mol. The molecule has 17 heavy (non-hydrogen) atoms. The van der Waals surface area contributed by atoms with Crippen molar-refractivity contribution in [3.05, 3.63) is 15.6 Å². The molecule has 0 fully saturated rings. The van der Waals surface area contributed by atoms with E-state index < -0.39 is 11.9 Å². The summed E-state index contributed by atoms with van der Waals surface area (Å²) in [5.41, 5.74) is -0.745. The second kappa shape index (κ2) is 5.79. The summed E-state index contributed by atoms with van der Waals surface area (Å²) in [7, 11) is 5.39. The molecule has 0 saturated carbocycles. The number of nitrogens with zero attached hydrogens (tertiary/aromatic N) is 2. The largest absolute Gasteiger partial charge is 0.434 e. The maximum absolute atomic E-state index is 12.7. The van der Waals surface area contributed by atoms with Gasteiger partial charge in [-0.25, -0.2) is 4.98 Å². The standard InChI is InChI=1S/C10H16F3N3S/c1-14-6-7-9(10(11,12)13)15-8(17-7)4-5-16(2)3/h14H,4-6H2,1-3H3. The quantitative estimate of drug-likeness (QED) is 0.884. The van der Waals surface area contributed by atoms with Crippen LogP contribution in [0.2, 0.25) is 0 Å². The maximum atomic E-state index is 12.7. The molecule has 0 aliphatic carbocycles. The van der Waals surface area contributed by atoms with Gasteiger partial charge in [0.1, 0.15) is 0 Å². The Morgan fingerprint density at radius 1 is 1.35 bits per heavy atom. The molecule has 0 unspecified atom stereocenters. The van der Waals surface area contributed by atoms with Crippen LogP contribution in [0.25, 0.3) is 0 Å². The van der Waals surface area contributed by atoms with Gasteiger partial charge in [-0.15, -0.1) is 11.3 Å². The second-order valence-electron chi connectivity index (χ2n) is 3.96. The number of thiazole rings is 1. The molecule has 0 radical (unpaired) electrons. The minimum absolute atomic E-state index is 0.203. The lowest BCUT2D eigenvalue weighted by Crippen LogP contribution is -2.15. The number of rotatable bonds is 5. The molecule has 0 saturated heterocycles. The van der Waals surface area contributed by atoms with E-state index in [2.05, 4.69) is 10.3 Å². The van der Waals surface area contributed by atoms with Crippen LogP contribution in [0.1, 0.15) is 15.6 Å². The van der Waals surface area contributed by atoms with E-state index in [-0.39, 0.29) is 11.4 Å². The zero-order valence-electron chi connectivity index (χ0n) is 10.1. The van der Waals surface area contributed by atoms with Crippen LogP contribution in [-0.4, -0.2) is 37.6 Å². The van der Waals surface area contributed by atoms with E-state index >= 15 is 0 Å². The van der Waals surface area contributed by atoms with Crippen molar-refractivity contribution in [2.24, 2.45) is 0 Å². The maximum Gasteiger partial charge on any atom is 0.434 e. The zero-order chi connectivity index (χ0) is 13.1. The van der Waals surface area contributed by atoms with Gasteiger partial charge >= 0.3 is 6.18 Å². The van der Waals surface area contributed by atoms with Crippen molar-refractivity contribution in [3.63, 3.8) is 0 Å². The molecule has 0 bridgehead atoms. The molecule has 1 aromatic heterocycles. The zero-order valence-corrected chi connectivity index (χ0v) is 10.9. The number of aromatic nitrogens is 1. The summed E-state index contributed by atoms with van der Waals surface area (Å²) in [5.74, 6) is 0. The van der Waals surface area contributed by atoms with Crippen molar-refractivity contribution in [2.75, 3.05) is 27.7 Å². The summed E-state index contributed by atoms with van der Waals surface area (Å²) in [4.78, 5) is 5.88. The Balaban J connectivity index is 2.88. The first-order valence-corrected chi connectivity index (χ1v) is 6.01. The van der Waals surface area contributed by atoms with Gasteiger partial charge in [-0.05, 0) is 21.1 Å². The first-order chi connectivity index (χ1) is 7.84. The molecule has 0 aliphatic heterocycles. The molecular weight excluding hydrogens is 251 g/mol. The van der Waals surface area contributed by atoms with Crippen LogP contribution >= 0.6 is 11.3 Å². The number of alkyl halides is 3. The SMILES string of the molecule is CNCc1sc(CCN(C)C)nc1C(F)(F)F. The van der Waals surface area contributed by atoms with Gasteiger partial charge in [0.25, 0.3) is 0 Å².